The van der Waals surface area contributed by atoms with Crippen LogP contribution in [0.15, 0.2) is 0 Å². The maximum atomic E-state index is 11.8. The summed E-state index contributed by atoms with van der Waals surface area (Å²) in [6, 6.07) is -0.816. The number of rotatable bonds is 4. The number of carboxylic acid groups (broad SMARTS) is 1. The van der Waals surface area contributed by atoms with E-state index in [2.05, 4.69) is 0 Å². The fourth-order valence-corrected chi connectivity index (χ4v) is 1.47. The quantitative estimate of drug-likeness (QED) is 0.716. The van der Waals surface area contributed by atoms with Crippen molar-refractivity contribution in [3.63, 3.8) is 0 Å². The molecule has 1 N–H and O–H groups in total. The molecule has 90 valence electrons. The topological polar surface area (TPSA) is 74.7 Å². The first-order valence-electron chi connectivity index (χ1n) is 5.39. The Bertz CT molecular complexity index is 335. The van der Waals surface area contributed by atoms with Crippen molar-refractivity contribution in [1.29, 1.82) is 0 Å². The molecule has 1 saturated heterocycles. The molecule has 1 atom stereocenters. The summed E-state index contributed by atoms with van der Waals surface area (Å²) in [6.07, 6.45) is 0.990. The first-order chi connectivity index (χ1) is 7.31. The number of ketones is 1. The van der Waals surface area contributed by atoms with Crippen LogP contribution in [0.2, 0.25) is 0 Å². The summed E-state index contributed by atoms with van der Waals surface area (Å²) in [4.78, 5) is 35.4. The average Bonchev–Trinajstić information content (AvgIpc) is 2.13. The van der Waals surface area contributed by atoms with E-state index in [1.165, 1.54) is 0 Å². The summed E-state index contributed by atoms with van der Waals surface area (Å²) in [5, 5.41) is 8.79. The zero-order valence-corrected chi connectivity index (χ0v) is 9.82. The van der Waals surface area contributed by atoms with E-state index in [1.807, 2.05) is 6.92 Å². The zero-order chi connectivity index (χ0) is 12.5. The van der Waals surface area contributed by atoms with E-state index < -0.39 is 29.1 Å². The molecule has 0 bridgehead atoms. The van der Waals surface area contributed by atoms with Crippen LogP contribution >= 0.6 is 0 Å². The summed E-state index contributed by atoms with van der Waals surface area (Å²) in [5.41, 5.74) is -0.713. The number of likely N-dealkylation sites (tertiary alicyclic amines) is 1. The molecular weight excluding hydrogens is 210 g/mol. The molecule has 1 aliphatic heterocycles. The summed E-state index contributed by atoms with van der Waals surface area (Å²) in [7, 11) is 0. The average molecular weight is 227 g/mol. The van der Waals surface area contributed by atoms with Gasteiger partial charge in [-0.15, -0.1) is 0 Å². The van der Waals surface area contributed by atoms with Crippen LogP contribution in [-0.2, 0) is 14.4 Å². The standard InChI is InChI=1S/C11H17NO4/c1-4-11(2,3)8(13)9(14)12-6-5-7(12)10(15)16/h7H,4-6H2,1-3H3,(H,15,16). The van der Waals surface area contributed by atoms with Crippen LogP contribution in [0.3, 0.4) is 0 Å². The van der Waals surface area contributed by atoms with Crippen molar-refractivity contribution in [2.24, 2.45) is 5.41 Å². The largest absolute Gasteiger partial charge is 0.480 e. The first kappa shape index (κ1) is 12.7. The van der Waals surface area contributed by atoms with Gasteiger partial charge < -0.3 is 10.0 Å². The van der Waals surface area contributed by atoms with E-state index in [1.54, 1.807) is 13.8 Å². The summed E-state index contributed by atoms with van der Waals surface area (Å²) in [6.45, 7) is 5.59. The maximum absolute atomic E-state index is 11.8. The van der Waals surface area contributed by atoms with E-state index in [9.17, 15) is 14.4 Å². The SMILES string of the molecule is CCC(C)(C)C(=O)C(=O)N1CCC1C(=O)O. The van der Waals surface area contributed by atoms with Crippen molar-refractivity contribution in [3.8, 4) is 0 Å². The second-order valence-corrected chi connectivity index (χ2v) is 4.71. The molecule has 1 aliphatic rings. The van der Waals surface area contributed by atoms with Crippen LogP contribution in [0.1, 0.15) is 33.6 Å². The second kappa shape index (κ2) is 4.23. The van der Waals surface area contributed by atoms with Crippen LogP contribution in [0.4, 0.5) is 0 Å². The number of Topliss-reactive ketones (excluding diaryl/α,β-unsaturated/α-hetero) is 1. The highest BCUT2D eigenvalue weighted by molar-refractivity contribution is 6.38. The van der Waals surface area contributed by atoms with Crippen molar-refractivity contribution < 1.29 is 19.5 Å². The Hall–Kier alpha value is -1.39. The Morgan fingerprint density at radius 1 is 1.38 bits per heavy atom. The Labute approximate surface area is 94.4 Å². The minimum Gasteiger partial charge on any atom is -0.480 e. The van der Waals surface area contributed by atoms with Gasteiger partial charge in [-0.25, -0.2) is 4.79 Å². The number of hydrogen-bond donors (Lipinski definition) is 1. The van der Waals surface area contributed by atoms with Gasteiger partial charge in [-0.3, -0.25) is 9.59 Å². The van der Waals surface area contributed by atoms with E-state index in [0.29, 0.717) is 19.4 Å². The third-order valence-corrected chi connectivity index (χ3v) is 3.26. The minimum atomic E-state index is -1.04. The lowest BCUT2D eigenvalue weighted by Crippen LogP contribution is -2.58. The molecule has 0 aromatic heterocycles. The molecule has 0 aromatic rings. The van der Waals surface area contributed by atoms with Gasteiger partial charge in [0.2, 0.25) is 5.78 Å². The molecule has 0 aromatic carbocycles. The van der Waals surface area contributed by atoms with Crippen molar-refractivity contribution >= 4 is 17.7 Å². The van der Waals surface area contributed by atoms with Crippen molar-refractivity contribution in [2.75, 3.05) is 6.54 Å². The Morgan fingerprint density at radius 2 is 1.94 bits per heavy atom. The Morgan fingerprint density at radius 3 is 2.25 bits per heavy atom. The smallest absolute Gasteiger partial charge is 0.326 e. The monoisotopic (exact) mass is 227 g/mol. The van der Waals surface area contributed by atoms with E-state index in [0.717, 1.165) is 4.90 Å². The van der Waals surface area contributed by atoms with Crippen LogP contribution in [0, 0.1) is 5.41 Å². The predicted molar refractivity (Wildman–Crippen MR) is 56.8 cm³/mol. The molecular formula is C11H17NO4. The molecule has 1 unspecified atom stereocenters. The molecule has 5 heteroatoms. The zero-order valence-electron chi connectivity index (χ0n) is 9.82. The lowest BCUT2D eigenvalue weighted by atomic mass is 9.84. The van der Waals surface area contributed by atoms with Crippen LogP contribution < -0.4 is 0 Å². The van der Waals surface area contributed by atoms with Gasteiger partial charge in [0.15, 0.2) is 0 Å². The molecule has 0 aliphatic carbocycles. The highest BCUT2D eigenvalue weighted by Gasteiger charge is 2.43. The van der Waals surface area contributed by atoms with Gasteiger partial charge in [-0.1, -0.05) is 20.8 Å². The molecule has 0 radical (unpaired) electrons. The summed E-state index contributed by atoms with van der Waals surface area (Å²) >= 11 is 0. The fourth-order valence-electron chi connectivity index (χ4n) is 1.47. The number of carbonyl (C=O) groups is 3. The second-order valence-electron chi connectivity index (χ2n) is 4.71. The van der Waals surface area contributed by atoms with Gasteiger partial charge in [0.1, 0.15) is 6.04 Å². The highest BCUT2D eigenvalue weighted by atomic mass is 16.4. The number of hydrogen-bond acceptors (Lipinski definition) is 3. The molecule has 1 amide bonds. The number of carbonyl (C=O) groups excluding carboxylic acids is 2. The molecule has 1 fully saturated rings. The lowest BCUT2D eigenvalue weighted by molar-refractivity contribution is -0.162. The molecule has 5 nitrogen and oxygen atoms in total. The number of aliphatic carboxylic acids is 1. The van der Waals surface area contributed by atoms with Gasteiger partial charge in [0, 0.05) is 12.0 Å². The van der Waals surface area contributed by atoms with Crippen LogP contribution in [0.25, 0.3) is 0 Å². The van der Waals surface area contributed by atoms with E-state index in [-0.39, 0.29) is 0 Å². The molecule has 1 rings (SSSR count). The lowest BCUT2D eigenvalue weighted by Gasteiger charge is -2.38. The Kier molecular flexibility index (Phi) is 3.35. The molecule has 16 heavy (non-hydrogen) atoms. The molecule has 0 saturated carbocycles. The van der Waals surface area contributed by atoms with Gasteiger partial charge in [-0.05, 0) is 12.8 Å². The van der Waals surface area contributed by atoms with Gasteiger partial charge in [-0.2, -0.15) is 0 Å². The summed E-state index contributed by atoms with van der Waals surface area (Å²) in [5.74, 6) is -2.20. The van der Waals surface area contributed by atoms with Crippen molar-refractivity contribution in [3.05, 3.63) is 0 Å². The number of amides is 1. The summed E-state index contributed by atoms with van der Waals surface area (Å²) < 4.78 is 0. The molecule has 0 spiro atoms. The fraction of sp³-hybridized carbons (Fsp3) is 0.727. The maximum Gasteiger partial charge on any atom is 0.326 e. The van der Waals surface area contributed by atoms with Gasteiger partial charge in [0.05, 0.1) is 0 Å². The van der Waals surface area contributed by atoms with E-state index >= 15 is 0 Å². The molecule has 1 heterocycles. The number of carboxylic acids is 1. The first-order valence-corrected chi connectivity index (χ1v) is 5.39. The normalized spacial score (nSPS) is 20.2. The third-order valence-electron chi connectivity index (χ3n) is 3.26. The van der Waals surface area contributed by atoms with Gasteiger partial charge >= 0.3 is 5.97 Å². The van der Waals surface area contributed by atoms with E-state index in [4.69, 9.17) is 5.11 Å². The van der Waals surface area contributed by atoms with Crippen LogP contribution in [-0.4, -0.2) is 40.3 Å². The number of nitrogens with zero attached hydrogens (tertiary/aromatic N) is 1. The Balaban J connectivity index is 2.73. The highest BCUT2D eigenvalue weighted by Crippen LogP contribution is 2.25. The van der Waals surface area contributed by atoms with Crippen molar-refractivity contribution in [2.45, 2.75) is 39.7 Å². The van der Waals surface area contributed by atoms with Crippen molar-refractivity contribution in [1.82, 2.24) is 4.90 Å². The van der Waals surface area contributed by atoms with Crippen LogP contribution in [0.5, 0.6) is 0 Å². The predicted octanol–water partition coefficient (Wildman–Crippen LogP) is 0.677. The third kappa shape index (κ3) is 2.08. The minimum absolute atomic E-state index is 0.362. The van der Waals surface area contributed by atoms with Gasteiger partial charge in [0.25, 0.3) is 5.91 Å².